The smallest absolute Gasteiger partial charge is 0.115 e. The van der Waals surface area contributed by atoms with Gasteiger partial charge in [-0.2, -0.15) is 0 Å². The van der Waals surface area contributed by atoms with Gasteiger partial charge >= 0.3 is 0 Å². The van der Waals surface area contributed by atoms with Crippen molar-refractivity contribution in [3.05, 3.63) is 59.7 Å². The van der Waals surface area contributed by atoms with Crippen molar-refractivity contribution in [1.82, 2.24) is 4.98 Å². The number of aliphatic hydroxyl groups is 1. The summed E-state index contributed by atoms with van der Waals surface area (Å²) in [6, 6.07) is 3.97. The van der Waals surface area contributed by atoms with Crippen molar-refractivity contribution in [2.75, 3.05) is 0 Å². The third-order valence-corrected chi connectivity index (χ3v) is 2.34. The first kappa shape index (κ1) is 12.2. The Bertz CT molecular complexity index is 456. The molecule has 0 aromatic carbocycles. The SMILES string of the molecule is C=C(O)C(=C/C)/C=C(\C)c1cc(C)ccn1. The Balaban J connectivity index is 3.06. The summed E-state index contributed by atoms with van der Waals surface area (Å²) in [4.78, 5) is 4.28. The zero-order valence-corrected chi connectivity index (χ0v) is 9.99. The molecule has 1 heterocycles. The number of allylic oxidation sites excluding steroid dienone is 3. The second-order valence-corrected chi connectivity index (χ2v) is 3.74. The quantitative estimate of drug-likeness (QED) is 0.614. The largest absolute Gasteiger partial charge is 0.508 e. The molecule has 0 unspecified atom stereocenters. The van der Waals surface area contributed by atoms with Crippen LogP contribution in [0.4, 0.5) is 0 Å². The van der Waals surface area contributed by atoms with Crippen molar-refractivity contribution in [3.8, 4) is 0 Å². The molecule has 0 fully saturated rings. The molecule has 1 aromatic heterocycles. The molecule has 0 aliphatic heterocycles. The van der Waals surface area contributed by atoms with Crippen LogP contribution in [-0.4, -0.2) is 10.1 Å². The van der Waals surface area contributed by atoms with Crippen molar-refractivity contribution < 1.29 is 5.11 Å². The Morgan fingerprint density at radius 3 is 2.69 bits per heavy atom. The Kier molecular flexibility index (Phi) is 4.06. The lowest BCUT2D eigenvalue weighted by Gasteiger charge is -2.04. The van der Waals surface area contributed by atoms with Gasteiger partial charge in [-0.05, 0) is 50.1 Å². The molecular formula is C14H17NO. The predicted octanol–water partition coefficient (Wildman–Crippen LogP) is 3.81. The second-order valence-electron chi connectivity index (χ2n) is 3.74. The molecule has 16 heavy (non-hydrogen) atoms. The van der Waals surface area contributed by atoms with Gasteiger partial charge in [-0.1, -0.05) is 12.7 Å². The van der Waals surface area contributed by atoms with E-state index in [4.69, 9.17) is 0 Å². The lowest BCUT2D eigenvalue weighted by molar-refractivity contribution is 0.429. The third kappa shape index (κ3) is 3.09. The van der Waals surface area contributed by atoms with Gasteiger partial charge in [0.25, 0.3) is 0 Å². The van der Waals surface area contributed by atoms with Crippen LogP contribution in [0.15, 0.2) is 48.4 Å². The first-order valence-electron chi connectivity index (χ1n) is 5.20. The summed E-state index contributed by atoms with van der Waals surface area (Å²) in [5.74, 6) is 0.0782. The maximum Gasteiger partial charge on any atom is 0.115 e. The molecule has 0 bridgehead atoms. The van der Waals surface area contributed by atoms with E-state index >= 15 is 0 Å². The molecule has 2 heteroatoms. The average molecular weight is 215 g/mol. The van der Waals surface area contributed by atoms with E-state index in [2.05, 4.69) is 11.6 Å². The molecule has 1 rings (SSSR count). The van der Waals surface area contributed by atoms with Gasteiger partial charge in [0.2, 0.25) is 0 Å². The van der Waals surface area contributed by atoms with Gasteiger partial charge in [0, 0.05) is 11.8 Å². The minimum Gasteiger partial charge on any atom is -0.508 e. The van der Waals surface area contributed by atoms with E-state index in [1.165, 1.54) is 5.56 Å². The van der Waals surface area contributed by atoms with Gasteiger partial charge in [0.1, 0.15) is 5.76 Å². The molecule has 0 saturated heterocycles. The van der Waals surface area contributed by atoms with E-state index in [9.17, 15) is 5.11 Å². The van der Waals surface area contributed by atoms with E-state index in [0.29, 0.717) is 0 Å². The Hall–Kier alpha value is -1.83. The Labute approximate surface area is 96.7 Å². The number of aromatic nitrogens is 1. The van der Waals surface area contributed by atoms with E-state index in [1.54, 1.807) is 6.20 Å². The summed E-state index contributed by atoms with van der Waals surface area (Å²) >= 11 is 0. The van der Waals surface area contributed by atoms with Gasteiger partial charge in [-0.25, -0.2) is 0 Å². The summed E-state index contributed by atoms with van der Waals surface area (Å²) in [5, 5.41) is 9.33. The van der Waals surface area contributed by atoms with Crippen molar-refractivity contribution in [2.24, 2.45) is 0 Å². The highest BCUT2D eigenvalue weighted by molar-refractivity contribution is 5.65. The highest BCUT2D eigenvalue weighted by Gasteiger charge is 2.01. The number of pyridine rings is 1. The number of aliphatic hydroxyl groups excluding tert-OH is 1. The van der Waals surface area contributed by atoms with Gasteiger partial charge in [0.15, 0.2) is 0 Å². The molecule has 0 aliphatic rings. The van der Waals surface area contributed by atoms with Crippen molar-refractivity contribution >= 4 is 5.57 Å². The van der Waals surface area contributed by atoms with Crippen LogP contribution in [0, 0.1) is 6.92 Å². The monoisotopic (exact) mass is 215 g/mol. The molecule has 0 amide bonds. The summed E-state index contributed by atoms with van der Waals surface area (Å²) < 4.78 is 0. The Morgan fingerprint density at radius 2 is 2.19 bits per heavy atom. The number of nitrogens with zero attached hydrogens (tertiary/aromatic N) is 1. The molecular weight excluding hydrogens is 198 g/mol. The number of hydrogen-bond acceptors (Lipinski definition) is 2. The van der Waals surface area contributed by atoms with Gasteiger partial charge < -0.3 is 5.11 Å². The first-order chi connectivity index (χ1) is 7.54. The lowest BCUT2D eigenvalue weighted by Crippen LogP contribution is -1.89. The number of aryl methyl sites for hydroxylation is 1. The van der Waals surface area contributed by atoms with Gasteiger partial charge in [0.05, 0.1) is 5.69 Å². The topological polar surface area (TPSA) is 33.1 Å². The molecule has 0 radical (unpaired) electrons. The van der Waals surface area contributed by atoms with Crippen LogP contribution in [0.5, 0.6) is 0 Å². The molecule has 84 valence electrons. The van der Waals surface area contributed by atoms with E-state index < -0.39 is 0 Å². The van der Waals surface area contributed by atoms with Crippen LogP contribution in [0.3, 0.4) is 0 Å². The normalized spacial score (nSPS) is 12.7. The first-order valence-corrected chi connectivity index (χ1v) is 5.20. The maximum atomic E-state index is 9.33. The average Bonchev–Trinajstić information content (AvgIpc) is 2.25. The minimum atomic E-state index is 0.0782. The molecule has 2 nitrogen and oxygen atoms in total. The van der Waals surface area contributed by atoms with Crippen molar-refractivity contribution in [2.45, 2.75) is 20.8 Å². The van der Waals surface area contributed by atoms with Crippen LogP contribution in [0.25, 0.3) is 5.57 Å². The fourth-order valence-corrected chi connectivity index (χ4v) is 1.39. The summed E-state index contributed by atoms with van der Waals surface area (Å²) in [7, 11) is 0. The molecule has 0 spiro atoms. The standard InChI is InChI=1S/C14H17NO/c1-5-13(12(4)16)9-11(3)14-8-10(2)6-7-15-14/h5-9,16H,4H2,1-3H3/b11-9+,13-5+. The lowest BCUT2D eigenvalue weighted by atomic mass is 10.1. The molecule has 1 aromatic rings. The number of hydrogen-bond donors (Lipinski definition) is 1. The van der Waals surface area contributed by atoms with Gasteiger partial charge in [-0.15, -0.1) is 0 Å². The van der Waals surface area contributed by atoms with Crippen LogP contribution in [0.2, 0.25) is 0 Å². The zero-order valence-electron chi connectivity index (χ0n) is 9.99. The molecule has 0 atom stereocenters. The molecule has 0 aliphatic carbocycles. The summed E-state index contributed by atoms with van der Waals surface area (Å²) in [6.07, 6.45) is 5.48. The predicted molar refractivity (Wildman–Crippen MR) is 68.2 cm³/mol. The van der Waals surface area contributed by atoms with Crippen LogP contribution < -0.4 is 0 Å². The fourth-order valence-electron chi connectivity index (χ4n) is 1.39. The summed E-state index contributed by atoms with van der Waals surface area (Å²) in [6.45, 7) is 9.37. The Morgan fingerprint density at radius 1 is 1.50 bits per heavy atom. The van der Waals surface area contributed by atoms with Gasteiger partial charge in [-0.3, -0.25) is 4.98 Å². The third-order valence-electron chi connectivity index (χ3n) is 2.34. The maximum absolute atomic E-state index is 9.33. The minimum absolute atomic E-state index is 0.0782. The summed E-state index contributed by atoms with van der Waals surface area (Å²) in [5.41, 5.74) is 3.82. The highest BCUT2D eigenvalue weighted by Crippen LogP contribution is 2.17. The fraction of sp³-hybridized carbons (Fsp3) is 0.214. The zero-order chi connectivity index (χ0) is 12.1. The molecule has 0 saturated carbocycles. The van der Waals surface area contributed by atoms with E-state index in [-0.39, 0.29) is 5.76 Å². The van der Waals surface area contributed by atoms with E-state index in [0.717, 1.165) is 16.8 Å². The molecule has 1 N–H and O–H groups in total. The van der Waals surface area contributed by atoms with Crippen LogP contribution >= 0.6 is 0 Å². The van der Waals surface area contributed by atoms with Crippen molar-refractivity contribution in [1.29, 1.82) is 0 Å². The van der Waals surface area contributed by atoms with E-state index in [1.807, 2.05) is 45.1 Å². The number of rotatable bonds is 3. The second kappa shape index (κ2) is 5.31. The van der Waals surface area contributed by atoms with Crippen LogP contribution in [0.1, 0.15) is 25.1 Å². The van der Waals surface area contributed by atoms with Crippen molar-refractivity contribution in [3.63, 3.8) is 0 Å². The highest BCUT2D eigenvalue weighted by atomic mass is 16.3. The van der Waals surface area contributed by atoms with Crippen LogP contribution in [-0.2, 0) is 0 Å².